The first-order valence-corrected chi connectivity index (χ1v) is 5.83. The summed E-state index contributed by atoms with van der Waals surface area (Å²) in [5.74, 6) is -0.702. The molecule has 98 valence electrons. The molecule has 5 nitrogen and oxygen atoms in total. The minimum Gasteiger partial charge on any atom is -0.396 e. The molecule has 0 spiro atoms. The van der Waals surface area contributed by atoms with Gasteiger partial charge in [-0.15, -0.1) is 0 Å². The largest absolute Gasteiger partial charge is 0.396 e. The van der Waals surface area contributed by atoms with Gasteiger partial charge in [0.15, 0.2) is 0 Å². The van der Waals surface area contributed by atoms with E-state index in [2.05, 4.69) is 5.32 Å². The zero-order valence-electron chi connectivity index (χ0n) is 10.1. The van der Waals surface area contributed by atoms with Crippen molar-refractivity contribution in [3.8, 4) is 0 Å². The molecule has 1 heterocycles. The molecular formula is C12H16FN3O2. The molecule has 0 bridgehead atoms. The van der Waals surface area contributed by atoms with Crippen LogP contribution in [0.25, 0.3) is 0 Å². The van der Waals surface area contributed by atoms with E-state index < -0.39 is 11.9 Å². The number of nitrogen functional groups attached to an aromatic ring is 1. The number of halogens is 1. The Morgan fingerprint density at radius 3 is 3.00 bits per heavy atom. The van der Waals surface area contributed by atoms with Crippen LogP contribution in [0.3, 0.4) is 0 Å². The van der Waals surface area contributed by atoms with Crippen molar-refractivity contribution < 1.29 is 14.0 Å². The van der Waals surface area contributed by atoms with E-state index in [0.29, 0.717) is 12.3 Å². The maximum atomic E-state index is 13.0. The minimum atomic E-state index is -0.496. The maximum absolute atomic E-state index is 13.0. The van der Waals surface area contributed by atoms with E-state index in [1.807, 2.05) is 0 Å². The van der Waals surface area contributed by atoms with E-state index in [4.69, 9.17) is 10.6 Å². The summed E-state index contributed by atoms with van der Waals surface area (Å²) in [6, 6.07) is 3.70. The Balaban J connectivity index is 1.99. The smallest absolute Gasteiger partial charge is 0.243 e. The lowest BCUT2D eigenvalue weighted by atomic mass is 10.2. The van der Waals surface area contributed by atoms with Crippen LogP contribution >= 0.6 is 0 Å². The molecule has 1 saturated heterocycles. The summed E-state index contributed by atoms with van der Waals surface area (Å²) in [6.07, 6.45) is 0.918. The number of carbonyl (C=O) groups excluding carboxylic acids is 1. The van der Waals surface area contributed by atoms with E-state index in [-0.39, 0.29) is 11.6 Å². The number of carbonyl (C=O) groups is 1. The number of nitrogens with two attached hydrogens (primary N) is 1. The van der Waals surface area contributed by atoms with Crippen molar-refractivity contribution >= 4 is 17.3 Å². The average molecular weight is 253 g/mol. The van der Waals surface area contributed by atoms with Crippen LogP contribution in [0.2, 0.25) is 0 Å². The highest BCUT2D eigenvalue weighted by Crippen LogP contribution is 2.17. The van der Waals surface area contributed by atoms with Crippen LogP contribution in [-0.4, -0.2) is 30.2 Å². The molecule has 1 unspecified atom stereocenters. The van der Waals surface area contributed by atoms with Gasteiger partial charge in [-0.2, -0.15) is 5.06 Å². The molecule has 1 atom stereocenters. The average Bonchev–Trinajstić information content (AvgIpc) is 2.86. The third-order valence-electron chi connectivity index (χ3n) is 2.85. The second kappa shape index (κ2) is 5.32. The molecule has 0 aromatic heterocycles. The van der Waals surface area contributed by atoms with E-state index in [1.54, 1.807) is 12.0 Å². The first kappa shape index (κ1) is 12.8. The Hall–Kier alpha value is -1.66. The summed E-state index contributed by atoms with van der Waals surface area (Å²) < 4.78 is 13.0. The van der Waals surface area contributed by atoms with Gasteiger partial charge in [-0.3, -0.25) is 9.63 Å². The van der Waals surface area contributed by atoms with E-state index >= 15 is 0 Å². The zero-order valence-corrected chi connectivity index (χ0v) is 10.1. The van der Waals surface area contributed by atoms with E-state index in [0.717, 1.165) is 13.0 Å². The third-order valence-corrected chi connectivity index (χ3v) is 2.85. The van der Waals surface area contributed by atoms with Gasteiger partial charge < -0.3 is 11.1 Å². The van der Waals surface area contributed by atoms with Gasteiger partial charge in [0.05, 0.1) is 12.3 Å². The van der Waals surface area contributed by atoms with Gasteiger partial charge >= 0.3 is 0 Å². The quantitative estimate of drug-likeness (QED) is 0.798. The van der Waals surface area contributed by atoms with Gasteiger partial charge in [-0.05, 0) is 31.5 Å². The summed E-state index contributed by atoms with van der Waals surface area (Å²) in [4.78, 5) is 17.2. The van der Waals surface area contributed by atoms with Crippen molar-refractivity contribution in [3.05, 3.63) is 24.0 Å². The standard InChI is InChI=1S/C12H16FN3O2/c1-8(16-5-2-6-18-16)12(17)15-9-3-4-10(13)11(14)7-9/h3-4,7-8H,2,5-6,14H2,1H3,(H,15,17). The molecule has 2 rings (SSSR count). The van der Waals surface area contributed by atoms with Crippen molar-refractivity contribution in [2.24, 2.45) is 0 Å². The number of benzene rings is 1. The SMILES string of the molecule is CC(C(=O)Nc1ccc(F)c(N)c1)N1CCCO1. The number of amides is 1. The molecule has 0 aliphatic carbocycles. The fourth-order valence-corrected chi connectivity index (χ4v) is 1.77. The molecule has 1 aromatic carbocycles. The molecule has 1 aliphatic heterocycles. The Morgan fingerprint density at radius 2 is 2.39 bits per heavy atom. The number of hydroxylamine groups is 2. The molecule has 0 saturated carbocycles. The van der Waals surface area contributed by atoms with Crippen LogP contribution in [0.4, 0.5) is 15.8 Å². The summed E-state index contributed by atoms with van der Waals surface area (Å²) in [7, 11) is 0. The molecule has 3 N–H and O–H groups in total. The lowest BCUT2D eigenvalue weighted by Crippen LogP contribution is -2.39. The minimum absolute atomic E-state index is 0.0119. The second-order valence-electron chi connectivity index (χ2n) is 4.23. The van der Waals surface area contributed by atoms with Gasteiger partial charge in [-0.1, -0.05) is 0 Å². The van der Waals surface area contributed by atoms with Crippen LogP contribution in [0, 0.1) is 5.82 Å². The summed E-state index contributed by atoms with van der Waals surface area (Å²) >= 11 is 0. The lowest BCUT2D eigenvalue weighted by Gasteiger charge is -2.21. The summed E-state index contributed by atoms with van der Waals surface area (Å²) in [5, 5.41) is 4.32. The van der Waals surface area contributed by atoms with E-state index in [9.17, 15) is 9.18 Å². The van der Waals surface area contributed by atoms with Crippen molar-refractivity contribution in [2.45, 2.75) is 19.4 Å². The van der Waals surface area contributed by atoms with Crippen molar-refractivity contribution in [1.29, 1.82) is 0 Å². The molecule has 1 aromatic rings. The predicted octanol–water partition coefficient (Wildman–Crippen LogP) is 1.37. The third kappa shape index (κ3) is 2.77. The van der Waals surface area contributed by atoms with Crippen molar-refractivity contribution in [1.82, 2.24) is 5.06 Å². The first-order chi connectivity index (χ1) is 8.58. The molecule has 1 amide bonds. The monoisotopic (exact) mass is 253 g/mol. The van der Waals surface area contributed by atoms with Crippen LogP contribution < -0.4 is 11.1 Å². The number of hydrogen-bond donors (Lipinski definition) is 2. The lowest BCUT2D eigenvalue weighted by molar-refractivity contribution is -0.154. The highest BCUT2D eigenvalue weighted by molar-refractivity contribution is 5.94. The molecule has 1 aliphatic rings. The fourth-order valence-electron chi connectivity index (χ4n) is 1.77. The summed E-state index contributed by atoms with van der Waals surface area (Å²) in [5.41, 5.74) is 5.92. The molecule has 18 heavy (non-hydrogen) atoms. The number of rotatable bonds is 3. The normalized spacial score (nSPS) is 17.7. The summed E-state index contributed by atoms with van der Waals surface area (Å²) in [6.45, 7) is 3.13. The molecule has 0 radical (unpaired) electrons. The van der Waals surface area contributed by atoms with Gasteiger partial charge in [-0.25, -0.2) is 4.39 Å². The maximum Gasteiger partial charge on any atom is 0.243 e. The zero-order chi connectivity index (χ0) is 13.1. The first-order valence-electron chi connectivity index (χ1n) is 5.83. The van der Waals surface area contributed by atoms with Crippen molar-refractivity contribution in [3.63, 3.8) is 0 Å². The van der Waals surface area contributed by atoms with Crippen molar-refractivity contribution in [2.75, 3.05) is 24.2 Å². The number of nitrogens with zero attached hydrogens (tertiary/aromatic N) is 1. The van der Waals surface area contributed by atoms with Gasteiger partial charge in [0.1, 0.15) is 11.9 Å². The van der Waals surface area contributed by atoms with Crippen LogP contribution in [0.5, 0.6) is 0 Å². The fraction of sp³-hybridized carbons (Fsp3) is 0.417. The van der Waals surface area contributed by atoms with Crippen LogP contribution in [0.15, 0.2) is 18.2 Å². The van der Waals surface area contributed by atoms with E-state index in [1.165, 1.54) is 18.2 Å². The van der Waals surface area contributed by atoms with Crippen LogP contribution in [0.1, 0.15) is 13.3 Å². The Morgan fingerprint density at radius 1 is 1.61 bits per heavy atom. The van der Waals surface area contributed by atoms with Crippen LogP contribution in [-0.2, 0) is 9.63 Å². The molecule has 1 fully saturated rings. The Labute approximate surface area is 105 Å². The highest BCUT2D eigenvalue weighted by atomic mass is 19.1. The predicted molar refractivity (Wildman–Crippen MR) is 66.2 cm³/mol. The van der Waals surface area contributed by atoms with Gasteiger partial charge in [0, 0.05) is 12.2 Å². The topological polar surface area (TPSA) is 67.6 Å². The van der Waals surface area contributed by atoms with Gasteiger partial charge in [0.2, 0.25) is 5.91 Å². The number of anilines is 2. The van der Waals surface area contributed by atoms with Gasteiger partial charge in [0.25, 0.3) is 0 Å². The Bertz CT molecular complexity index is 447. The molecule has 6 heteroatoms. The molecular weight excluding hydrogens is 237 g/mol. The Kier molecular flexibility index (Phi) is 3.78. The number of nitrogens with one attached hydrogen (secondary N) is 1. The second-order valence-corrected chi connectivity index (χ2v) is 4.23. The number of hydrogen-bond acceptors (Lipinski definition) is 4. The highest BCUT2D eigenvalue weighted by Gasteiger charge is 2.25.